The highest BCUT2D eigenvalue weighted by molar-refractivity contribution is 6.37. The highest BCUT2D eigenvalue weighted by Crippen LogP contribution is 2.34. The van der Waals surface area contributed by atoms with E-state index in [9.17, 15) is 33.9 Å². The van der Waals surface area contributed by atoms with Crippen molar-refractivity contribution in [3.05, 3.63) is 66.0 Å². The molecule has 2 unspecified atom stereocenters. The van der Waals surface area contributed by atoms with Crippen molar-refractivity contribution in [1.29, 1.82) is 0 Å². The van der Waals surface area contributed by atoms with Crippen molar-refractivity contribution in [3.63, 3.8) is 0 Å². The lowest BCUT2D eigenvalue weighted by molar-refractivity contribution is -0.147. The van der Waals surface area contributed by atoms with E-state index in [1.165, 1.54) is 28.9 Å². The van der Waals surface area contributed by atoms with E-state index in [-0.39, 0.29) is 44.3 Å². The van der Waals surface area contributed by atoms with E-state index < -0.39 is 65.3 Å². The summed E-state index contributed by atoms with van der Waals surface area (Å²) >= 11 is 0. The first-order valence-corrected chi connectivity index (χ1v) is 19.6. The average Bonchev–Trinajstić information content (AvgIpc) is 3.87. The smallest absolute Gasteiger partial charge is 0.407 e. The molecule has 18 nitrogen and oxygen atoms in total. The molecule has 0 spiro atoms. The van der Waals surface area contributed by atoms with E-state index in [4.69, 9.17) is 10.5 Å². The van der Waals surface area contributed by atoms with Gasteiger partial charge >= 0.3 is 6.09 Å². The number of aromatic nitrogens is 5. The third-order valence-corrected chi connectivity index (χ3v) is 10.8. The number of ether oxygens (including phenoxy) is 1. The summed E-state index contributed by atoms with van der Waals surface area (Å²) in [4.78, 5) is 85.9. The minimum absolute atomic E-state index is 0.0115. The van der Waals surface area contributed by atoms with Crippen LogP contribution in [0, 0.1) is 5.92 Å². The second kappa shape index (κ2) is 19.5. The predicted molar refractivity (Wildman–Crippen MR) is 205 cm³/mol. The Bertz CT molecular complexity index is 1870. The lowest BCUT2D eigenvalue weighted by atomic mass is 9.84. The van der Waals surface area contributed by atoms with Gasteiger partial charge in [-0.15, -0.1) is 5.10 Å². The monoisotopic (exact) mass is 790 g/mol. The molecule has 3 aromatic rings. The number of imidazole rings is 1. The fraction of sp³-hybridized carbons (Fsp3) is 0.564. The molecule has 308 valence electrons. The van der Waals surface area contributed by atoms with Gasteiger partial charge < -0.3 is 41.0 Å². The Morgan fingerprint density at radius 1 is 1.04 bits per heavy atom. The Hall–Kier alpha value is -5.65. The minimum Gasteiger partial charge on any atom is -0.445 e. The van der Waals surface area contributed by atoms with Gasteiger partial charge in [0.25, 0.3) is 11.8 Å². The van der Waals surface area contributed by atoms with Crippen LogP contribution in [0.15, 0.2) is 48.9 Å². The number of aryl methyl sites for hydroxylation is 1. The summed E-state index contributed by atoms with van der Waals surface area (Å²) in [6, 6.07) is 4.80. The van der Waals surface area contributed by atoms with Crippen molar-refractivity contribution in [2.24, 2.45) is 18.7 Å². The topological polar surface area (TPSA) is 246 Å². The Kier molecular flexibility index (Phi) is 14.5. The zero-order valence-corrected chi connectivity index (χ0v) is 32.8. The molecule has 0 bridgehead atoms. The largest absolute Gasteiger partial charge is 0.445 e. The van der Waals surface area contributed by atoms with Crippen LogP contribution in [0.3, 0.4) is 0 Å². The molecule has 1 aromatic carbocycles. The van der Waals surface area contributed by atoms with Crippen molar-refractivity contribution >= 4 is 35.5 Å². The third kappa shape index (κ3) is 11.2. The third-order valence-electron chi connectivity index (χ3n) is 10.8. The van der Waals surface area contributed by atoms with E-state index in [1.807, 2.05) is 30.3 Å². The van der Waals surface area contributed by atoms with Crippen molar-refractivity contribution in [2.45, 2.75) is 114 Å². The van der Waals surface area contributed by atoms with Crippen molar-refractivity contribution in [1.82, 2.24) is 45.4 Å². The molecular weight excluding hydrogens is 736 g/mol. The van der Waals surface area contributed by atoms with E-state index in [0.717, 1.165) is 37.7 Å². The maximum Gasteiger partial charge on any atom is 0.407 e. The van der Waals surface area contributed by atoms with Gasteiger partial charge in [-0.25, -0.2) is 14.5 Å². The van der Waals surface area contributed by atoms with Crippen LogP contribution in [0.2, 0.25) is 0 Å². The fourth-order valence-corrected chi connectivity index (χ4v) is 7.64. The summed E-state index contributed by atoms with van der Waals surface area (Å²) in [5, 5.41) is 28.2. The Labute approximate surface area is 331 Å². The van der Waals surface area contributed by atoms with Crippen molar-refractivity contribution in [2.75, 3.05) is 13.1 Å². The highest BCUT2D eigenvalue weighted by atomic mass is 16.5. The lowest BCUT2D eigenvalue weighted by Crippen LogP contribution is -2.61. The van der Waals surface area contributed by atoms with E-state index >= 15 is 0 Å². The van der Waals surface area contributed by atoms with E-state index in [1.54, 1.807) is 24.7 Å². The minimum atomic E-state index is -1.74. The number of amides is 5. The summed E-state index contributed by atoms with van der Waals surface area (Å²) in [6.07, 6.45) is 9.32. The highest BCUT2D eigenvalue weighted by Gasteiger charge is 2.45. The van der Waals surface area contributed by atoms with Gasteiger partial charge in [-0.2, -0.15) is 0 Å². The number of fused-ring (bicyclic) bond motifs is 1. The van der Waals surface area contributed by atoms with Gasteiger partial charge in [0.1, 0.15) is 24.3 Å². The van der Waals surface area contributed by atoms with E-state index in [2.05, 4.69) is 31.2 Å². The normalized spacial score (nSPS) is 20.9. The molecule has 2 aliphatic rings. The Morgan fingerprint density at radius 2 is 1.77 bits per heavy atom. The van der Waals surface area contributed by atoms with Crippen molar-refractivity contribution < 1.29 is 38.6 Å². The van der Waals surface area contributed by atoms with Gasteiger partial charge in [0.05, 0.1) is 24.0 Å². The van der Waals surface area contributed by atoms with Crippen LogP contribution in [0.1, 0.15) is 106 Å². The number of alkyl carbamates (subject to hydrolysis) is 1. The number of aliphatic hydroxyl groups is 1. The first-order chi connectivity index (χ1) is 27.2. The molecule has 5 atom stereocenters. The Morgan fingerprint density at radius 3 is 2.46 bits per heavy atom. The van der Waals surface area contributed by atoms with E-state index in [0.29, 0.717) is 25.0 Å². The van der Waals surface area contributed by atoms with Gasteiger partial charge in [0.2, 0.25) is 17.6 Å². The summed E-state index contributed by atoms with van der Waals surface area (Å²) in [5.74, 6) is -3.97. The van der Waals surface area contributed by atoms with Crippen LogP contribution >= 0.6 is 0 Å². The first-order valence-electron chi connectivity index (χ1n) is 19.6. The molecule has 6 N–H and O–H groups in total. The summed E-state index contributed by atoms with van der Waals surface area (Å²) in [7, 11) is 1.67. The molecule has 5 rings (SSSR count). The number of hydrogen-bond acceptors (Lipinski definition) is 11. The second-order valence-electron chi connectivity index (χ2n) is 15.3. The number of benzene rings is 1. The summed E-state index contributed by atoms with van der Waals surface area (Å²) < 4.78 is 8.27. The maximum absolute atomic E-state index is 14.9. The number of carbonyl (C=O) groups excluding carboxylic acids is 6. The number of hydrogen-bond donors (Lipinski definition) is 5. The molecule has 1 saturated carbocycles. The standard InChI is InChI=1S/C39H54N10O8/c1-25-23-48(37(54)29(20-26-12-6-4-7-13-26)45-36(53)34-41-18-19-47(34)3)30(21-39(2,56)31-22-43-46-49(25)31)35(52)44-28(32(50)33(40)51)16-10-11-17-42-38(55)57-24-27-14-8-5-9-15-27/h5,8-9,14-15,18-19,22,25-26,28-30,56H,4,6-7,10-13,16-17,20-21,23-24H2,1-3H3,(H2,40,51)(H,42,55)(H,44,52)(H,45,53)/t25-,28?,29+,30-,39?/m0/s1. The Balaban J connectivity index is 1.35. The SMILES string of the molecule is C[C@H]1CN(C(=O)[C@@H](CC2CCCCC2)NC(=O)c2nccn2C)[C@H](C(=O)NC(CCCCNC(=O)OCc2ccccc2)C(=O)C(N)=O)CC(C)(O)c2cnnn21. The molecule has 1 aliphatic carbocycles. The zero-order chi connectivity index (χ0) is 41.1. The molecule has 5 amide bonds. The first kappa shape index (κ1) is 42.5. The van der Waals surface area contributed by atoms with Crippen molar-refractivity contribution in [3.8, 4) is 0 Å². The molecule has 2 aromatic heterocycles. The zero-order valence-electron chi connectivity index (χ0n) is 32.8. The molecule has 57 heavy (non-hydrogen) atoms. The van der Waals surface area contributed by atoms with Crippen LogP contribution in [-0.4, -0.2) is 101 Å². The molecular formula is C39H54N10O8. The lowest BCUT2D eigenvalue weighted by Gasteiger charge is -2.41. The number of rotatable bonds is 16. The number of primary amides is 1. The molecule has 1 aliphatic heterocycles. The van der Waals surface area contributed by atoms with Crippen LogP contribution in [0.4, 0.5) is 4.79 Å². The quantitative estimate of drug-likeness (QED) is 0.103. The average molecular weight is 791 g/mol. The maximum atomic E-state index is 14.9. The van der Waals surface area contributed by atoms with Gasteiger partial charge in [0.15, 0.2) is 5.82 Å². The van der Waals surface area contributed by atoms with Gasteiger partial charge in [-0.3, -0.25) is 24.0 Å². The molecule has 0 saturated heterocycles. The number of ketones is 1. The molecule has 18 heteroatoms. The van der Waals surface area contributed by atoms with Crippen LogP contribution in [0.25, 0.3) is 0 Å². The van der Waals surface area contributed by atoms with Gasteiger partial charge in [-0.1, -0.05) is 67.6 Å². The number of carbonyl (C=O) groups is 6. The van der Waals surface area contributed by atoms with Crippen LogP contribution in [0.5, 0.6) is 0 Å². The van der Waals surface area contributed by atoms with Gasteiger partial charge in [0, 0.05) is 39.0 Å². The molecule has 0 radical (unpaired) electrons. The number of nitrogens with two attached hydrogens (primary N) is 1. The second-order valence-corrected chi connectivity index (χ2v) is 15.3. The number of nitrogens with zero attached hydrogens (tertiary/aromatic N) is 6. The van der Waals surface area contributed by atoms with Crippen LogP contribution in [-0.2, 0) is 43.2 Å². The number of Topliss-reactive ketones (excluding diaryl/α,β-unsaturated/α-hetero) is 1. The van der Waals surface area contributed by atoms with Crippen LogP contribution < -0.4 is 21.7 Å². The summed E-state index contributed by atoms with van der Waals surface area (Å²) in [5.41, 5.74) is 4.82. The molecule has 3 heterocycles. The fourth-order valence-electron chi connectivity index (χ4n) is 7.64. The van der Waals surface area contributed by atoms with Gasteiger partial charge in [-0.05, 0) is 51.0 Å². The summed E-state index contributed by atoms with van der Waals surface area (Å²) in [6.45, 7) is 3.47. The number of nitrogens with one attached hydrogen (secondary N) is 3. The molecule has 1 fully saturated rings. The predicted octanol–water partition coefficient (Wildman–Crippen LogP) is 1.79. The number of unbranched alkanes of at least 4 members (excludes halogenated alkanes) is 1.